The molecule has 29 heavy (non-hydrogen) atoms. The number of nitrogens with one attached hydrogen (secondary N) is 1. The molecule has 1 aromatic heterocycles. The molecule has 1 atom stereocenters. The summed E-state index contributed by atoms with van der Waals surface area (Å²) in [4.78, 5) is 17.6. The molecule has 2 aliphatic rings. The number of benzene rings is 1. The summed E-state index contributed by atoms with van der Waals surface area (Å²) in [5.41, 5.74) is 2.61. The number of nitrogens with zero attached hydrogens (tertiary/aromatic N) is 3. The van der Waals surface area contributed by atoms with Gasteiger partial charge in [0.05, 0.1) is 18.7 Å². The molecule has 154 valence electrons. The van der Waals surface area contributed by atoms with Crippen molar-refractivity contribution in [3.63, 3.8) is 0 Å². The molecule has 2 heterocycles. The Hall–Kier alpha value is -2.00. The van der Waals surface area contributed by atoms with Gasteiger partial charge in [-0.3, -0.25) is 4.79 Å². The van der Waals surface area contributed by atoms with Crippen LogP contribution in [0.4, 0.5) is 5.95 Å². The number of Topliss-reactive ketones (excluding diaryl/α,β-unsaturated/α-hetero) is 1. The molecule has 0 saturated heterocycles. The van der Waals surface area contributed by atoms with Crippen molar-refractivity contribution in [3.8, 4) is 11.5 Å². The zero-order valence-corrected chi connectivity index (χ0v) is 19.0. The van der Waals surface area contributed by atoms with Crippen molar-refractivity contribution < 1.29 is 14.3 Å². The predicted molar refractivity (Wildman–Crippen MR) is 116 cm³/mol. The Morgan fingerprint density at radius 1 is 1.31 bits per heavy atom. The molecule has 4 rings (SSSR count). The molecule has 1 N–H and O–H groups in total. The van der Waals surface area contributed by atoms with Gasteiger partial charge in [-0.25, -0.2) is 4.68 Å². The number of thioether (sulfide) groups is 1. The topological polar surface area (TPSA) is 78.3 Å². The number of methoxy groups -OCH3 is 2. The molecule has 0 spiro atoms. The van der Waals surface area contributed by atoms with E-state index in [1.807, 2.05) is 16.8 Å². The van der Waals surface area contributed by atoms with Crippen LogP contribution >= 0.6 is 27.7 Å². The lowest BCUT2D eigenvalue weighted by atomic mass is 9.85. The second-order valence-electron chi connectivity index (χ2n) is 6.95. The maximum atomic E-state index is 12.9. The lowest BCUT2D eigenvalue weighted by molar-refractivity contribution is -0.116. The lowest BCUT2D eigenvalue weighted by Gasteiger charge is -2.32. The zero-order chi connectivity index (χ0) is 20.5. The van der Waals surface area contributed by atoms with Crippen LogP contribution in [-0.4, -0.2) is 40.5 Å². The fourth-order valence-corrected chi connectivity index (χ4v) is 5.10. The minimum absolute atomic E-state index is 0.151. The van der Waals surface area contributed by atoms with E-state index in [0.717, 1.165) is 46.3 Å². The monoisotopic (exact) mass is 478 g/mol. The van der Waals surface area contributed by atoms with Gasteiger partial charge < -0.3 is 14.8 Å². The molecule has 9 heteroatoms. The number of ether oxygens (including phenoxy) is 2. The van der Waals surface area contributed by atoms with E-state index in [1.54, 1.807) is 26.0 Å². The number of halogens is 1. The fourth-order valence-electron chi connectivity index (χ4n) is 3.80. The number of rotatable bonds is 6. The van der Waals surface area contributed by atoms with Crippen LogP contribution in [0.1, 0.15) is 44.2 Å². The number of hydrogen-bond donors (Lipinski definition) is 1. The number of carbonyl (C=O) groups is 1. The summed E-state index contributed by atoms with van der Waals surface area (Å²) in [6, 6.07) is 3.53. The molecule has 1 aliphatic heterocycles. The molecule has 0 radical (unpaired) electrons. The van der Waals surface area contributed by atoms with Gasteiger partial charge in [0.15, 0.2) is 17.3 Å². The third-order valence-electron chi connectivity index (χ3n) is 5.06. The molecular formula is C20H23BrN4O3S. The van der Waals surface area contributed by atoms with Crippen LogP contribution in [0.15, 0.2) is 33.0 Å². The average molecular weight is 479 g/mol. The number of hydrogen-bond acceptors (Lipinski definition) is 7. The van der Waals surface area contributed by atoms with E-state index in [4.69, 9.17) is 14.6 Å². The van der Waals surface area contributed by atoms with Gasteiger partial charge in [0.25, 0.3) is 0 Å². The first-order chi connectivity index (χ1) is 14.1. The molecule has 0 amide bonds. The Labute approximate surface area is 182 Å². The normalized spacial score (nSPS) is 18.2. The van der Waals surface area contributed by atoms with Crippen LogP contribution in [0.2, 0.25) is 0 Å². The van der Waals surface area contributed by atoms with Crippen molar-refractivity contribution in [1.29, 1.82) is 0 Å². The highest BCUT2D eigenvalue weighted by Gasteiger charge is 2.37. The standard InChI is InChI=1S/C20H23BrN4O3S/c1-4-8-29-20-23-19-22-13-6-5-7-14(26)16(13)17(25(19)24-20)11-9-12(21)18(28-3)15(10-11)27-2/h9-10,17H,4-8H2,1-3H3,(H,22,23,24). The first-order valence-corrected chi connectivity index (χ1v) is 11.4. The Kier molecular flexibility index (Phi) is 5.87. The Morgan fingerprint density at radius 3 is 2.86 bits per heavy atom. The van der Waals surface area contributed by atoms with Gasteiger partial charge in [0, 0.05) is 23.4 Å². The summed E-state index contributed by atoms with van der Waals surface area (Å²) < 4.78 is 13.6. The van der Waals surface area contributed by atoms with Gasteiger partial charge in [-0.2, -0.15) is 4.98 Å². The maximum Gasteiger partial charge on any atom is 0.227 e. The van der Waals surface area contributed by atoms with Gasteiger partial charge in [0.1, 0.15) is 6.04 Å². The van der Waals surface area contributed by atoms with Gasteiger partial charge in [-0.15, -0.1) is 5.10 Å². The quantitative estimate of drug-likeness (QED) is 0.608. The second-order valence-corrected chi connectivity index (χ2v) is 8.86. The minimum Gasteiger partial charge on any atom is -0.493 e. The molecule has 0 saturated carbocycles. The smallest absolute Gasteiger partial charge is 0.227 e. The second kappa shape index (κ2) is 8.39. The fraction of sp³-hybridized carbons (Fsp3) is 0.450. The Morgan fingerprint density at radius 2 is 2.14 bits per heavy atom. The van der Waals surface area contributed by atoms with Gasteiger partial charge in [0.2, 0.25) is 11.1 Å². The molecule has 7 nitrogen and oxygen atoms in total. The van der Waals surface area contributed by atoms with E-state index in [1.165, 1.54) is 0 Å². The maximum absolute atomic E-state index is 12.9. The minimum atomic E-state index is -0.353. The van der Waals surface area contributed by atoms with Crippen molar-refractivity contribution in [2.45, 2.75) is 43.8 Å². The van der Waals surface area contributed by atoms with Crippen LogP contribution < -0.4 is 14.8 Å². The summed E-state index contributed by atoms with van der Waals surface area (Å²) in [6.07, 6.45) is 3.27. The van der Waals surface area contributed by atoms with Crippen molar-refractivity contribution in [1.82, 2.24) is 14.8 Å². The first kappa shape index (κ1) is 20.3. The van der Waals surface area contributed by atoms with Crippen LogP contribution in [0.3, 0.4) is 0 Å². The predicted octanol–water partition coefficient (Wildman–Crippen LogP) is 4.58. The average Bonchev–Trinajstić information content (AvgIpc) is 3.12. The van der Waals surface area contributed by atoms with E-state index < -0.39 is 0 Å². The largest absolute Gasteiger partial charge is 0.493 e. The third-order valence-corrected chi connectivity index (χ3v) is 6.69. The highest BCUT2D eigenvalue weighted by molar-refractivity contribution is 9.10. The molecule has 1 aromatic carbocycles. The number of fused-ring (bicyclic) bond motifs is 1. The van der Waals surface area contributed by atoms with Gasteiger partial charge in [-0.05, 0) is 52.9 Å². The Balaban J connectivity index is 1.87. The van der Waals surface area contributed by atoms with Crippen LogP contribution in [0.5, 0.6) is 11.5 Å². The highest BCUT2D eigenvalue weighted by Crippen LogP contribution is 2.44. The molecule has 2 aromatic rings. The number of allylic oxidation sites excluding steroid dienone is 2. The first-order valence-electron chi connectivity index (χ1n) is 9.61. The van der Waals surface area contributed by atoms with E-state index in [-0.39, 0.29) is 11.8 Å². The molecule has 1 aliphatic carbocycles. The van der Waals surface area contributed by atoms with Crippen molar-refractivity contribution in [2.75, 3.05) is 25.3 Å². The lowest BCUT2D eigenvalue weighted by Crippen LogP contribution is -2.31. The van der Waals surface area contributed by atoms with Crippen LogP contribution in [0, 0.1) is 0 Å². The van der Waals surface area contributed by atoms with Crippen molar-refractivity contribution in [2.24, 2.45) is 0 Å². The van der Waals surface area contributed by atoms with Gasteiger partial charge >= 0.3 is 0 Å². The summed E-state index contributed by atoms with van der Waals surface area (Å²) in [7, 11) is 3.21. The number of carbonyl (C=O) groups excluding carboxylic acids is 1. The van der Waals surface area contributed by atoms with E-state index in [9.17, 15) is 4.79 Å². The number of aromatic nitrogens is 3. The summed E-state index contributed by atoms with van der Waals surface area (Å²) in [5.74, 6) is 2.99. The summed E-state index contributed by atoms with van der Waals surface area (Å²) in [6.45, 7) is 2.13. The van der Waals surface area contributed by atoms with E-state index in [2.05, 4.69) is 33.2 Å². The van der Waals surface area contributed by atoms with Gasteiger partial charge in [-0.1, -0.05) is 18.7 Å². The van der Waals surface area contributed by atoms with Crippen molar-refractivity contribution in [3.05, 3.63) is 33.4 Å². The molecule has 0 bridgehead atoms. The highest BCUT2D eigenvalue weighted by atomic mass is 79.9. The number of anilines is 1. The zero-order valence-electron chi connectivity index (χ0n) is 16.6. The van der Waals surface area contributed by atoms with Crippen molar-refractivity contribution >= 4 is 39.4 Å². The summed E-state index contributed by atoms with van der Waals surface area (Å²) in [5, 5.41) is 8.80. The third kappa shape index (κ3) is 3.66. The van der Waals surface area contributed by atoms with Crippen LogP contribution in [0.25, 0.3) is 0 Å². The SMILES string of the molecule is CCCSc1nc2n(n1)C(c1cc(Br)c(OC)c(OC)c1)C1=C(CCCC1=O)N2. The Bertz CT molecular complexity index is 988. The van der Waals surface area contributed by atoms with Crippen LogP contribution in [-0.2, 0) is 4.79 Å². The molecule has 1 unspecified atom stereocenters. The summed E-state index contributed by atoms with van der Waals surface area (Å²) >= 11 is 5.20. The molecule has 0 fully saturated rings. The van der Waals surface area contributed by atoms with E-state index >= 15 is 0 Å². The number of ketones is 1. The molecular weight excluding hydrogens is 456 g/mol. The van der Waals surface area contributed by atoms with E-state index in [0.29, 0.717) is 29.0 Å².